The minimum Gasteiger partial charge on any atom is -0.469 e. The number of nitrogens with two attached hydrogens (primary N) is 1. The minimum absolute atomic E-state index is 0.0250. The first kappa shape index (κ1) is 50.2. The van der Waals surface area contributed by atoms with Crippen LogP contribution >= 0.6 is 0 Å². The van der Waals surface area contributed by atoms with E-state index in [0.717, 1.165) is 0 Å². The van der Waals surface area contributed by atoms with Crippen molar-refractivity contribution in [1.82, 2.24) is 20.8 Å². The lowest BCUT2D eigenvalue weighted by molar-refractivity contribution is -0.179. The number of hydroxylamine groups is 4. The van der Waals surface area contributed by atoms with E-state index < -0.39 is 79.5 Å². The van der Waals surface area contributed by atoms with Crippen molar-refractivity contribution >= 4 is 60.1 Å². The van der Waals surface area contributed by atoms with E-state index in [1.54, 1.807) is 0 Å². The zero-order chi connectivity index (χ0) is 42.5. The molecule has 0 saturated carbocycles. The van der Waals surface area contributed by atoms with Gasteiger partial charge in [0, 0.05) is 65.8 Å². The predicted octanol–water partition coefficient (Wildman–Crippen LogP) is -0.629. The number of alkyl carbamates (subject to hydrolysis) is 2. The van der Waals surface area contributed by atoms with Crippen LogP contribution in [0.5, 0.6) is 0 Å². The van der Waals surface area contributed by atoms with Gasteiger partial charge in [-0.3, -0.25) is 38.4 Å². The maximum Gasteiger partial charge on any atom is 0.534 e. The van der Waals surface area contributed by atoms with Gasteiger partial charge in [0.1, 0.15) is 38.6 Å². The van der Waals surface area contributed by atoms with Crippen LogP contribution in [0.3, 0.4) is 0 Å². The molecule has 4 N–H and O–H groups in total. The van der Waals surface area contributed by atoms with Gasteiger partial charge in [-0.1, -0.05) is 10.1 Å². The number of methoxy groups -OCH3 is 2. The highest BCUT2D eigenvalue weighted by Crippen LogP contribution is 2.14. The van der Waals surface area contributed by atoms with E-state index in [1.807, 2.05) is 0 Å². The number of esters is 2. The van der Waals surface area contributed by atoms with E-state index in [2.05, 4.69) is 35.5 Å². The third-order valence-corrected chi connectivity index (χ3v) is 6.54. The fourth-order valence-corrected chi connectivity index (χ4v) is 3.75. The van der Waals surface area contributed by atoms with Gasteiger partial charge in [0.05, 0.1) is 14.2 Å². The fourth-order valence-electron chi connectivity index (χ4n) is 3.75. The van der Waals surface area contributed by atoms with Crippen LogP contribution in [0.1, 0.15) is 51.4 Å². The van der Waals surface area contributed by atoms with Crippen LogP contribution in [-0.4, -0.2) is 157 Å². The van der Waals surface area contributed by atoms with Crippen molar-refractivity contribution in [2.75, 3.05) is 75.0 Å². The summed E-state index contributed by atoms with van der Waals surface area (Å²) in [4.78, 5) is 123. The van der Waals surface area contributed by atoms with E-state index >= 15 is 0 Å². The first-order valence-electron chi connectivity index (χ1n) is 16.8. The molecule has 2 saturated heterocycles. The van der Waals surface area contributed by atoms with Crippen LogP contribution in [0.15, 0.2) is 0 Å². The number of hydrogen-bond acceptors (Lipinski definition) is 21. The molecule has 0 atom stereocenters. The van der Waals surface area contributed by atoms with E-state index in [9.17, 15) is 47.9 Å². The molecule has 56 heavy (non-hydrogen) atoms. The highest BCUT2D eigenvalue weighted by Gasteiger charge is 2.35. The Hall–Kier alpha value is -5.82. The number of imide groups is 2. The fraction of sp³-hybridized carbons (Fsp3) is 0.677. The summed E-state index contributed by atoms with van der Waals surface area (Å²) in [6, 6.07) is 0. The molecular weight excluding hydrogens is 762 g/mol. The Kier molecular flexibility index (Phi) is 26.5. The number of carbonyl (C=O) groups is 10. The van der Waals surface area contributed by atoms with E-state index in [1.165, 1.54) is 35.4 Å². The first-order chi connectivity index (χ1) is 26.7. The van der Waals surface area contributed by atoms with E-state index in [-0.39, 0.29) is 87.5 Å². The van der Waals surface area contributed by atoms with Crippen molar-refractivity contribution in [1.29, 1.82) is 0 Å². The van der Waals surface area contributed by atoms with Gasteiger partial charge >= 0.3 is 36.4 Å². The molecule has 2 aliphatic rings. The molecule has 2 fully saturated rings. The van der Waals surface area contributed by atoms with Gasteiger partial charge in [0.15, 0.2) is 0 Å². The van der Waals surface area contributed by atoms with Crippen molar-refractivity contribution in [3.63, 3.8) is 0 Å². The smallest absolute Gasteiger partial charge is 0.469 e. The molecule has 25 nitrogen and oxygen atoms in total. The van der Waals surface area contributed by atoms with Crippen LogP contribution < -0.4 is 16.4 Å². The highest BCUT2D eigenvalue weighted by atomic mass is 16.8. The number of amides is 6. The van der Waals surface area contributed by atoms with Gasteiger partial charge in [0.25, 0.3) is 23.6 Å². The molecule has 2 aliphatic heterocycles. The number of nitrogens with one attached hydrogen (secondary N) is 2. The predicted molar refractivity (Wildman–Crippen MR) is 180 cm³/mol. The van der Waals surface area contributed by atoms with E-state index in [0.29, 0.717) is 6.42 Å². The molecule has 0 radical (unpaired) electrons. The van der Waals surface area contributed by atoms with Crippen molar-refractivity contribution in [3.8, 4) is 0 Å². The molecule has 0 aromatic heterocycles. The first-order valence-corrected chi connectivity index (χ1v) is 16.8. The Labute approximate surface area is 320 Å². The maximum absolute atomic E-state index is 11.8. The molecule has 0 bridgehead atoms. The molecule has 0 aromatic rings. The van der Waals surface area contributed by atoms with Gasteiger partial charge in [-0.2, -0.15) is 0 Å². The largest absolute Gasteiger partial charge is 0.534 e. The second-order valence-electron chi connectivity index (χ2n) is 10.5. The van der Waals surface area contributed by atoms with Crippen molar-refractivity contribution in [2.45, 2.75) is 63.6 Å². The third-order valence-electron chi connectivity index (χ3n) is 6.54. The summed E-state index contributed by atoms with van der Waals surface area (Å²) in [5.41, 5.74) is 4.50. The van der Waals surface area contributed by atoms with Crippen molar-refractivity contribution in [2.24, 2.45) is 5.73 Å². The average molecular weight is 812 g/mol. The lowest BCUT2D eigenvalue weighted by Gasteiger charge is -2.19. The van der Waals surface area contributed by atoms with Crippen LogP contribution in [0.4, 0.5) is 19.2 Å². The summed E-state index contributed by atoms with van der Waals surface area (Å²) in [5.74, 6) is -3.63. The van der Waals surface area contributed by atoms with Gasteiger partial charge in [-0.25, -0.2) is 19.2 Å². The Balaban J connectivity index is 0.00000114. The third kappa shape index (κ3) is 21.8. The molecule has 0 unspecified atom stereocenters. The number of ether oxygens (including phenoxy) is 8. The van der Waals surface area contributed by atoms with E-state index in [4.69, 9.17) is 28.4 Å². The zero-order valence-corrected chi connectivity index (χ0v) is 31.7. The Bertz CT molecular complexity index is 1220. The number of nitrogens with zero attached hydrogens (tertiary/aromatic N) is 2. The molecule has 2 heterocycles. The van der Waals surface area contributed by atoms with Crippen LogP contribution in [0.25, 0.3) is 0 Å². The molecule has 0 aromatic carbocycles. The summed E-state index contributed by atoms with van der Waals surface area (Å²) in [7, 11) is 6.88. The number of hydrogen-bond donors (Lipinski definition) is 3. The second kappa shape index (κ2) is 29.5. The minimum atomic E-state index is -1.38. The van der Waals surface area contributed by atoms with Crippen LogP contribution in [0.2, 0.25) is 0 Å². The zero-order valence-electron chi connectivity index (χ0n) is 31.7. The Morgan fingerprint density at radius 3 is 1.16 bits per heavy atom. The summed E-state index contributed by atoms with van der Waals surface area (Å²) >= 11 is 0. The number of carbonyl (C=O) groups excluding carboxylic acids is 10. The molecule has 2 rings (SSSR count). The average Bonchev–Trinajstić information content (AvgIpc) is 3.69. The van der Waals surface area contributed by atoms with Crippen molar-refractivity contribution < 1.29 is 95.5 Å². The van der Waals surface area contributed by atoms with Crippen LogP contribution in [0, 0.1) is 0 Å². The Morgan fingerprint density at radius 1 is 0.571 bits per heavy atom. The Morgan fingerprint density at radius 2 is 0.875 bits per heavy atom. The molecule has 318 valence electrons. The van der Waals surface area contributed by atoms with Gasteiger partial charge in [-0.15, -0.1) is 0 Å². The van der Waals surface area contributed by atoms with Gasteiger partial charge < -0.3 is 54.3 Å². The number of rotatable bonds is 20. The molecular formula is C31H49N5O20. The lowest BCUT2D eigenvalue weighted by Crippen LogP contribution is -2.36. The summed E-state index contributed by atoms with van der Waals surface area (Å²) in [5, 5.41) is 5.14. The summed E-state index contributed by atoms with van der Waals surface area (Å²) in [6.45, 7) is -1.01. The van der Waals surface area contributed by atoms with Gasteiger partial charge in [0.2, 0.25) is 0 Å². The summed E-state index contributed by atoms with van der Waals surface area (Å²) < 4.78 is 39.0. The SMILES string of the molecule is CN.CNC(=O)OCC(COC(=O)NC)OCCCC(=O)OC.COC(=O)CCCOC(COC(=O)ON1C(=O)CCC1=O)COC(=O)ON1C(=O)CCC1=O. The second-order valence-corrected chi connectivity index (χ2v) is 10.5. The topological polar surface area (TPSA) is 320 Å². The van der Waals surface area contributed by atoms with Crippen molar-refractivity contribution in [3.05, 3.63) is 0 Å². The molecule has 25 heteroatoms. The maximum atomic E-state index is 11.8. The molecule has 0 aliphatic carbocycles. The summed E-state index contributed by atoms with van der Waals surface area (Å²) in [6.07, 6.45) is -5.16. The van der Waals surface area contributed by atoms with Gasteiger partial charge in [-0.05, 0) is 19.9 Å². The normalized spacial score (nSPS) is 13.1. The standard InChI is InChI=1S/C18H22N2O13.C12H22N2O7.CH5N/c1-28-16(25)3-2-8-29-11(9-30-17(26)32-19-12(21)4-5-13(19)22)10-31-18(27)33-20-14(23)6-7-15(20)24;1-13-11(16)20-7-9(8-21-12(17)14-2)19-6-4-5-10(15)18-3;1-2/h11H,2-10H2,1H3;9H,4-8H2,1-3H3,(H,13,16)(H,14,17);2H2,1H3. The quantitative estimate of drug-likeness (QED) is 0.0596. The monoisotopic (exact) mass is 811 g/mol. The molecule has 6 amide bonds. The highest BCUT2D eigenvalue weighted by molar-refractivity contribution is 6.02. The molecule has 0 spiro atoms. The van der Waals surface area contributed by atoms with Crippen LogP contribution in [-0.2, 0) is 76.3 Å². The lowest BCUT2D eigenvalue weighted by atomic mass is 10.3.